The third-order valence-electron chi connectivity index (χ3n) is 3.27. The van der Waals surface area contributed by atoms with Crippen LogP contribution in [0.25, 0.3) is 0 Å². The van der Waals surface area contributed by atoms with Crippen molar-refractivity contribution >= 4 is 17.5 Å². The Kier molecular flexibility index (Phi) is 6.28. The monoisotopic (exact) mass is 339 g/mol. The minimum atomic E-state index is -4.68. The van der Waals surface area contributed by atoms with Crippen molar-refractivity contribution in [2.75, 3.05) is 0 Å². The zero-order chi connectivity index (χ0) is 17.1. The van der Waals surface area contributed by atoms with Crippen molar-refractivity contribution in [1.29, 1.82) is 0 Å². The minimum absolute atomic E-state index is 0.147. The number of rotatable bonds is 6. The zero-order valence-corrected chi connectivity index (χ0v) is 13.8. The molecule has 1 amide bonds. The summed E-state index contributed by atoms with van der Waals surface area (Å²) in [6.45, 7) is 6.03. The van der Waals surface area contributed by atoms with Gasteiger partial charge in [0, 0.05) is 13.1 Å². The van der Waals surface area contributed by atoms with E-state index in [4.69, 9.17) is 11.6 Å². The van der Waals surface area contributed by atoms with E-state index in [-0.39, 0.29) is 11.7 Å². The molecule has 0 aliphatic rings. The first-order valence-electron chi connectivity index (χ1n) is 7.14. The molecule has 1 aromatic rings. The van der Waals surface area contributed by atoms with E-state index in [1.165, 1.54) is 7.05 Å². The van der Waals surface area contributed by atoms with Crippen molar-refractivity contribution < 1.29 is 18.0 Å². The second kappa shape index (κ2) is 7.35. The normalized spacial score (nSPS) is 13.5. The number of carbonyl (C=O) groups excluding carboxylic acids is 1. The highest BCUT2D eigenvalue weighted by molar-refractivity contribution is 6.34. The second-order valence-corrected chi connectivity index (χ2v) is 6.21. The lowest BCUT2D eigenvalue weighted by atomic mass is 10.0. The molecule has 0 fully saturated rings. The number of carbonyl (C=O) groups is 1. The van der Waals surface area contributed by atoms with Crippen LogP contribution in [0.3, 0.4) is 0 Å². The summed E-state index contributed by atoms with van der Waals surface area (Å²) in [6.07, 6.45) is -1.96. The van der Waals surface area contributed by atoms with Crippen LogP contribution in [0.1, 0.15) is 56.2 Å². The number of hydrogen-bond donors (Lipinski definition) is 1. The van der Waals surface area contributed by atoms with Crippen LogP contribution in [0.2, 0.25) is 5.02 Å². The highest BCUT2D eigenvalue weighted by Crippen LogP contribution is 2.35. The number of alkyl halides is 3. The Bertz CT molecular complexity index is 526. The lowest BCUT2D eigenvalue weighted by molar-refractivity contribution is -0.141. The van der Waals surface area contributed by atoms with Crippen molar-refractivity contribution in [2.24, 2.45) is 13.0 Å². The fourth-order valence-corrected chi connectivity index (χ4v) is 2.48. The highest BCUT2D eigenvalue weighted by Gasteiger charge is 2.39. The maximum Gasteiger partial charge on any atom is 0.436 e. The Morgan fingerprint density at radius 2 is 1.91 bits per heavy atom. The maximum absolute atomic E-state index is 12.7. The SMILES string of the molecule is CC(C)CCCC(C)NC(=O)c1c(Cl)c(C(F)(F)F)nn1C. The number of nitrogens with one attached hydrogen (secondary N) is 1. The molecular weight excluding hydrogens is 319 g/mol. The standard InChI is InChI=1S/C14H21ClF3N3O/c1-8(2)6-5-7-9(3)19-13(22)11-10(15)12(14(16,17)18)20-21(11)4/h8-9H,5-7H2,1-4H3,(H,19,22). The maximum atomic E-state index is 12.7. The van der Waals surface area contributed by atoms with E-state index in [0.29, 0.717) is 5.92 Å². The first-order chi connectivity index (χ1) is 10.0. The van der Waals surface area contributed by atoms with Gasteiger partial charge in [0.25, 0.3) is 5.91 Å². The van der Waals surface area contributed by atoms with Gasteiger partial charge in [-0.15, -0.1) is 0 Å². The van der Waals surface area contributed by atoms with Gasteiger partial charge in [0.1, 0.15) is 10.7 Å². The van der Waals surface area contributed by atoms with Crippen LogP contribution in [-0.2, 0) is 13.2 Å². The molecule has 0 spiro atoms. The van der Waals surface area contributed by atoms with Gasteiger partial charge < -0.3 is 5.32 Å². The molecule has 0 bridgehead atoms. The molecule has 0 saturated carbocycles. The summed E-state index contributed by atoms with van der Waals surface area (Å²) in [6, 6.07) is -0.147. The first kappa shape index (κ1) is 18.8. The summed E-state index contributed by atoms with van der Waals surface area (Å²) in [5.74, 6) is -0.0729. The predicted molar refractivity (Wildman–Crippen MR) is 78.8 cm³/mol. The van der Waals surface area contributed by atoms with Crippen molar-refractivity contribution in [2.45, 2.75) is 52.3 Å². The molecule has 0 aliphatic heterocycles. The number of nitrogens with zero attached hydrogens (tertiary/aromatic N) is 2. The van der Waals surface area contributed by atoms with E-state index in [0.717, 1.165) is 23.9 Å². The van der Waals surface area contributed by atoms with Crippen molar-refractivity contribution in [3.05, 3.63) is 16.4 Å². The van der Waals surface area contributed by atoms with Gasteiger partial charge in [-0.3, -0.25) is 9.48 Å². The fraction of sp³-hybridized carbons (Fsp3) is 0.714. The summed E-state index contributed by atoms with van der Waals surface area (Å²) >= 11 is 5.67. The Labute approximate surface area is 133 Å². The molecule has 1 rings (SSSR count). The molecule has 0 aliphatic carbocycles. The number of hydrogen-bond acceptors (Lipinski definition) is 2. The van der Waals surface area contributed by atoms with E-state index < -0.39 is 22.8 Å². The molecule has 1 aromatic heterocycles. The Morgan fingerprint density at radius 1 is 1.32 bits per heavy atom. The van der Waals surface area contributed by atoms with Crippen molar-refractivity contribution in [1.82, 2.24) is 15.1 Å². The van der Waals surface area contributed by atoms with E-state index in [2.05, 4.69) is 24.3 Å². The lowest BCUT2D eigenvalue weighted by Crippen LogP contribution is -2.34. The Balaban J connectivity index is 2.76. The van der Waals surface area contributed by atoms with Gasteiger partial charge in [0.2, 0.25) is 0 Å². The van der Waals surface area contributed by atoms with Gasteiger partial charge in [0.15, 0.2) is 5.69 Å². The van der Waals surface area contributed by atoms with Crippen LogP contribution < -0.4 is 5.32 Å². The Morgan fingerprint density at radius 3 is 2.36 bits per heavy atom. The van der Waals surface area contributed by atoms with Crippen LogP contribution >= 0.6 is 11.6 Å². The molecule has 1 heterocycles. The molecular formula is C14H21ClF3N3O. The third kappa shape index (κ3) is 4.90. The van der Waals surface area contributed by atoms with Crippen LogP contribution in [0.4, 0.5) is 13.2 Å². The van der Waals surface area contributed by atoms with Crippen LogP contribution in [0.15, 0.2) is 0 Å². The average molecular weight is 340 g/mol. The molecule has 1 N–H and O–H groups in total. The van der Waals surface area contributed by atoms with Crippen LogP contribution in [-0.4, -0.2) is 21.7 Å². The highest BCUT2D eigenvalue weighted by atomic mass is 35.5. The molecule has 126 valence electrons. The third-order valence-corrected chi connectivity index (χ3v) is 3.63. The van der Waals surface area contributed by atoms with Crippen molar-refractivity contribution in [3.63, 3.8) is 0 Å². The summed E-state index contributed by atoms with van der Waals surface area (Å²) in [5, 5.41) is 5.29. The summed E-state index contributed by atoms with van der Waals surface area (Å²) in [7, 11) is 1.26. The number of aryl methyl sites for hydroxylation is 1. The van der Waals surface area contributed by atoms with Gasteiger partial charge in [-0.2, -0.15) is 18.3 Å². The molecule has 4 nitrogen and oxygen atoms in total. The average Bonchev–Trinajstić information content (AvgIpc) is 2.63. The zero-order valence-electron chi connectivity index (χ0n) is 13.1. The molecule has 1 atom stereocenters. The molecule has 0 saturated heterocycles. The van der Waals surface area contributed by atoms with Crippen molar-refractivity contribution in [3.8, 4) is 0 Å². The topological polar surface area (TPSA) is 46.9 Å². The van der Waals surface area contributed by atoms with Crippen LogP contribution in [0, 0.1) is 5.92 Å². The van der Waals surface area contributed by atoms with Gasteiger partial charge in [-0.25, -0.2) is 0 Å². The van der Waals surface area contributed by atoms with E-state index >= 15 is 0 Å². The van der Waals surface area contributed by atoms with E-state index in [1.807, 2.05) is 6.92 Å². The molecule has 0 aromatic carbocycles. The van der Waals surface area contributed by atoms with Gasteiger partial charge in [-0.05, 0) is 19.3 Å². The van der Waals surface area contributed by atoms with Crippen LogP contribution in [0.5, 0.6) is 0 Å². The number of halogens is 4. The largest absolute Gasteiger partial charge is 0.436 e. The Hall–Kier alpha value is -1.24. The molecule has 1 unspecified atom stereocenters. The molecule has 8 heteroatoms. The van der Waals surface area contributed by atoms with Gasteiger partial charge in [0.05, 0.1) is 0 Å². The first-order valence-corrected chi connectivity index (χ1v) is 7.52. The predicted octanol–water partition coefficient (Wildman–Crippen LogP) is 4.04. The molecule has 0 radical (unpaired) electrons. The quantitative estimate of drug-likeness (QED) is 0.850. The van der Waals surface area contributed by atoms with Gasteiger partial charge >= 0.3 is 6.18 Å². The smallest absolute Gasteiger partial charge is 0.348 e. The number of amides is 1. The second-order valence-electron chi connectivity index (χ2n) is 5.83. The lowest BCUT2D eigenvalue weighted by Gasteiger charge is -2.14. The fourth-order valence-electron chi connectivity index (χ4n) is 2.12. The summed E-state index contributed by atoms with van der Waals surface area (Å²) < 4.78 is 39.0. The number of aromatic nitrogens is 2. The summed E-state index contributed by atoms with van der Waals surface area (Å²) in [5.41, 5.74) is -1.51. The van der Waals surface area contributed by atoms with Gasteiger partial charge in [-0.1, -0.05) is 38.3 Å². The molecule has 22 heavy (non-hydrogen) atoms. The van der Waals surface area contributed by atoms with E-state index in [1.54, 1.807) is 0 Å². The summed E-state index contributed by atoms with van der Waals surface area (Å²) in [4.78, 5) is 12.1. The minimum Gasteiger partial charge on any atom is -0.348 e. The van der Waals surface area contributed by atoms with E-state index in [9.17, 15) is 18.0 Å².